The molecule has 1 aromatic carbocycles. The fourth-order valence-electron chi connectivity index (χ4n) is 2.65. The summed E-state index contributed by atoms with van der Waals surface area (Å²) >= 11 is 0. The van der Waals surface area contributed by atoms with Crippen LogP contribution in [0.2, 0.25) is 0 Å². The number of carbonyl (C=O) groups is 2. The zero-order chi connectivity index (χ0) is 14.1. The summed E-state index contributed by atoms with van der Waals surface area (Å²) in [5.41, 5.74) is 0.675. The number of benzene rings is 1. The molecule has 1 fully saturated rings. The van der Waals surface area contributed by atoms with E-state index in [-0.39, 0.29) is 12.5 Å². The number of para-hydroxylation sites is 2. The van der Waals surface area contributed by atoms with E-state index in [1.807, 2.05) is 6.07 Å². The van der Waals surface area contributed by atoms with Crippen molar-refractivity contribution in [1.29, 1.82) is 0 Å². The highest BCUT2D eigenvalue weighted by Gasteiger charge is 2.34. The van der Waals surface area contributed by atoms with E-state index in [9.17, 15) is 9.59 Å². The minimum Gasteiger partial charge on any atom is -0.478 e. The normalized spacial score (nSPS) is 21.6. The first-order valence-corrected chi connectivity index (χ1v) is 6.94. The Labute approximate surface area is 117 Å². The Hall–Kier alpha value is -2.04. The van der Waals surface area contributed by atoms with Crippen molar-refractivity contribution in [2.24, 2.45) is 5.92 Å². The lowest BCUT2D eigenvalue weighted by molar-refractivity contribution is -0.145. The van der Waals surface area contributed by atoms with Crippen LogP contribution in [0.25, 0.3) is 0 Å². The summed E-state index contributed by atoms with van der Waals surface area (Å²) in [5.74, 6) is -0.119. The number of nitrogens with zero attached hydrogens (tertiary/aromatic N) is 1. The van der Waals surface area contributed by atoms with Crippen LogP contribution in [0, 0.1) is 5.92 Å². The lowest BCUT2D eigenvalue weighted by atomic mass is 9.82. The van der Waals surface area contributed by atoms with Crippen LogP contribution in [-0.2, 0) is 9.59 Å². The van der Waals surface area contributed by atoms with Crippen molar-refractivity contribution < 1.29 is 19.4 Å². The molecule has 106 valence electrons. The van der Waals surface area contributed by atoms with Gasteiger partial charge in [-0.2, -0.15) is 0 Å². The van der Waals surface area contributed by atoms with E-state index >= 15 is 0 Å². The van der Waals surface area contributed by atoms with Crippen LogP contribution in [0.5, 0.6) is 5.75 Å². The summed E-state index contributed by atoms with van der Waals surface area (Å²) in [4.78, 5) is 25.1. The Kier molecular flexibility index (Phi) is 3.34. The van der Waals surface area contributed by atoms with E-state index in [0.717, 1.165) is 12.8 Å². The Morgan fingerprint density at radius 3 is 2.70 bits per heavy atom. The second-order valence-corrected chi connectivity index (χ2v) is 5.42. The number of amides is 1. The van der Waals surface area contributed by atoms with Gasteiger partial charge in [0.25, 0.3) is 0 Å². The summed E-state index contributed by atoms with van der Waals surface area (Å²) in [6, 6.07) is 7.10. The van der Waals surface area contributed by atoms with Gasteiger partial charge in [-0.25, -0.2) is 4.79 Å². The summed E-state index contributed by atoms with van der Waals surface area (Å²) in [7, 11) is 0. The van der Waals surface area contributed by atoms with Crippen molar-refractivity contribution in [1.82, 2.24) is 0 Å². The number of anilines is 1. The molecule has 2 aliphatic rings. The molecule has 0 aromatic heterocycles. The minimum absolute atomic E-state index is 0.00306. The van der Waals surface area contributed by atoms with Crippen molar-refractivity contribution in [3.8, 4) is 5.75 Å². The standard InChI is InChI=1S/C15H17NO4/c17-14(8-10-4-3-5-10)16-9-13(15(18)19)20-12-7-2-1-6-11(12)16/h1-2,6-7,10,13H,3-5,8-9H2,(H,18,19). The number of carbonyl (C=O) groups excluding carboxylic acids is 1. The van der Waals surface area contributed by atoms with Crippen LogP contribution >= 0.6 is 0 Å². The highest BCUT2D eigenvalue weighted by molar-refractivity contribution is 5.96. The molecule has 1 amide bonds. The smallest absolute Gasteiger partial charge is 0.346 e. The second kappa shape index (κ2) is 5.15. The van der Waals surface area contributed by atoms with Gasteiger partial charge in [-0.3, -0.25) is 4.79 Å². The van der Waals surface area contributed by atoms with Crippen LogP contribution < -0.4 is 9.64 Å². The summed E-state index contributed by atoms with van der Waals surface area (Å²) in [6.45, 7) is 0.0812. The number of carboxylic acids is 1. The predicted molar refractivity (Wildman–Crippen MR) is 72.8 cm³/mol. The van der Waals surface area contributed by atoms with E-state index in [1.165, 1.54) is 6.42 Å². The van der Waals surface area contributed by atoms with Gasteiger partial charge in [0.15, 0.2) is 0 Å². The Balaban J connectivity index is 1.83. The van der Waals surface area contributed by atoms with E-state index in [0.29, 0.717) is 23.8 Å². The SMILES string of the molecule is O=C(O)C1CN(C(=O)CC2CCC2)c2ccccc2O1. The third-order valence-corrected chi connectivity index (χ3v) is 4.04. The molecule has 1 aliphatic carbocycles. The fraction of sp³-hybridized carbons (Fsp3) is 0.467. The first-order chi connectivity index (χ1) is 9.65. The largest absolute Gasteiger partial charge is 0.478 e. The highest BCUT2D eigenvalue weighted by Crippen LogP contribution is 2.36. The third kappa shape index (κ3) is 2.35. The number of hydrogen-bond acceptors (Lipinski definition) is 3. The van der Waals surface area contributed by atoms with Gasteiger partial charge in [0.1, 0.15) is 5.75 Å². The molecule has 5 heteroatoms. The maximum Gasteiger partial charge on any atom is 0.346 e. The molecule has 0 saturated heterocycles. The number of aliphatic carboxylic acids is 1. The number of rotatable bonds is 3. The molecule has 1 aromatic rings. The van der Waals surface area contributed by atoms with E-state index in [2.05, 4.69) is 0 Å². The van der Waals surface area contributed by atoms with Gasteiger partial charge in [-0.1, -0.05) is 18.6 Å². The van der Waals surface area contributed by atoms with Crippen molar-refractivity contribution in [2.45, 2.75) is 31.8 Å². The number of hydrogen-bond donors (Lipinski definition) is 1. The van der Waals surface area contributed by atoms with Gasteiger partial charge in [0.05, 0.1) is 12.2 Å². The van der Waals surface area contributed by atoms with Crippen LogP contribution in [0.1, 0.15) is 25.7 Å². The van der Waals surface area contributed by atoms with E-state index in [1.54, 1.807) is 23.1 Å². The van der Waals surface area contributed by atoms with Crippen molar-refractivity contribution in [3.63, 3.8) is 0 Å². The van der Waals surface area contributed by atoms with Crippen LogP contribution in [-0.4, -0.2) is 29.6 Å². The monoisotopic (exact) mass is 275 g/mol. The topological polar surface area (TPSA) is 66.8 Å². The maximum absolute atomic E-state index is 12.4. The molecule has 1 aliphatic heterocycles. The third-order valence-electron chi connectivity index (χ3n) is 4.04. The average Bonchev–Trinajstić information content (AvgIpc) is 2.41. The molecular formula is C15H17NO4. The Morgan fingerprint density at radius 2 is 2.05 bits per heavy atom. The van der Waals surface area contributed by atoms with Gasteiger partial charge in [-0.15, -0.1) is 0 Å². The van der Waals surface area contributed by atoms with Gasteiger partial charge in [0.2, 0.25) is 12.0 Å². The van der Waals surface area contributed by atoms with E-state index in [4.69, 9.17) is 9.84 Å². The van der Waals surface area contributed by atoms with E-state index < -0.39 is 12.1 Å². The zero-order valence-corrected chi connectivity index (χ0v) is 11.1. The lowest BCUT2D eigenvalue weighted by Crippen LogP contribution is -2.47. The Bertz CT molecular complexity index is 538. The molecule has 1 heterocycles. The predicted octanol–water partition coefficient (Wildman–Crippen LogP) is 2.06. The molecule has 0 radical (unpaired) electrons. The van der Waals surface area contributed by atoms with Gasteiger partial charge in [-0.05, 0) is 30.9 Å². The summed E-state index contributed by atoms with van der Waals surface area (Å²) in [6.07, 6.45) is 2.89. The summed E-state index contributed by atoms with van der Waals surface area (Å²) in [5, 5.41) is 9.14. The molecule has 0 spiro atoms. The number of carboxylic acid groups (broad SMARTS) is 1. The van der Waals surface area contributed by atoms with Crippen LogP contribution in [0.3, 0.4) is 0 Å². The fourth-order valence-corrected chi connectivity index (χ4v) is 2.65. The second-order valence-electron chi connectivity index (χ2n) is 5.42. The zero-order valence-electron chi connectivity index (χ0n) is 11.1. The number of fused-ring (bicyclic) bond motifs is 1. The number of ether oxygens (including phenoxy) is 1. The molecule has 1 unspecified atom stereocenters. The Morgan fingerprint density at radius 1 is 1.30 bits per heavy atom. The molecule has 1 saturated carbocycles. The molecule has 0 bridgehead atoms. The van der Waals surface area contributed by atoms with Crippen molar-refractivity contribution in [3.05, 3.63) is 24.3 Å². The average molecular weight is 275 g/mol. The summed E-state index contributed by atoms with van der Waals surface area (Å²) < 4.78 is 5.43. The molecule has 1 atom stereocenters. The first kappa shape index (κ1) is 13.0. The molecule has 3 rings (SSSR count). The molecular weight excluding hydrogens is 258 g/mol. The maximum atomic E-state index is 12.4. The molecule has 1 N–H and O–H groups in total. The van der Waals surface area contributed by atoms with Gasteiger partial charge in [0, 0.05) is 6.42 Å². The highest BCUT2D eigenvalue weighted by atomic mass is 16.5. The van der Waals surface area contributed by atoms with Crippen molar-refractivity contribution in [2.75, 3.05) is 11.4 Å². The molecule has 5 nitrogen and oxygen atoms in total. The van der Waals surface area contributed by atoms with Gasteiger partial charge < -0.3 is 14.7 Å². The molecule has 20 heavy (non-hydrogen) atoms. The van der Waals surface area contributed by atoms with Crippen LogP contribution in [0.15, 0.2) is 24.3 Å². The van der Waals surface area contributed by atoms with Gasteiger partial charge >= 0.3 is 5.97 Å². The van der Waals surface area contributed by atoms with Crippen molar-refractivity contribution >= 4 is 17.6 Å². The quantitative estimate of drug-likeness (QED) is 0.916. The first-order valence-electron chi connectivity index (χ1n) is 6.94. The lowest BCUT2D eigenvalue weighted by Gasteiger charge is -2.35. The minimum atomic E-state index is -1.04. The van der Waals surface area contributed by atoms with Crippen LogP contribution in [0.4, 0.5) is 5.69 Å².